The van der Waals surface area contributed by atoms with E-state index < -0.39 is 55.4 Å². The Kier molecular flexibility index (Phi) is 34.6. The van der Waals surface area contributed by atoms with Crippen LogP contribution in [0, 0.1) is 0 Å². The molecular formula is C47H80O10. The second kappa shape index (κ2) is 37.7. The highest BCUT2D eigenvalue weighted by Crippen LogP contribution is 2.22. The molecule has 0 aromatic rings. The summed E-state index contributed by atoms with van der Waals surface area (Å²) in [5.41, 5.74) is 0. The fourth-order valence-electron chi connectivity index (χ4n) is 6.31. The molecule has 10 nitrogen and oxygen atoms in total. The summed E-state index contributed by atoms with van der Waals surface area (Å²) in [6.45, 7) is 3.28. The standard InChI is InChI=1S/C47H80O10/c1-3-5-7-9-11-13-15-17-19-20-22-23-25-27-29-31-33-35-42(49)54-38-40(39-55-47-46(53)45(52)44(51)41(37-48)57-47)56-43(50)36-34-32-30-28-26-24-21-18-16-14-12-10-8-6-4-2/h7,9,13,15,19-20,23,25,30,32,40-41,44-48,51-53H,3-6,8,10-12,14,16-18,21-22,24,26-29,31,33-39H2,1-2H3/b9-7+,15-13+,20-19+,25-23+,32-30+/t40-,41-,44+,45?,46?,47-/m0/s1. The fourth-order valence-corrected chi connectivity index (χ4v) is 6.31. The lowest BCUT2D eigenvalue weighted by Gasteiger charge is -2.39. The summed E-state index contributed by atoms with van der Waals surface area (Å²) < 4.78 is 22.1. The van der Waals surface area contributed by atoms with Crippen molar-refractivity contribution in [3.05, 3.63) is 60.8 Å². The van der Waals surface area contributed by atoms with Crippen LogP contribution in [-0.2, 0) is 28.5 Å². The molecule has 0 radical (unpaired) electrons. The van der Waals surface area contributed by atoms with Gasteiger partial charge in [-0.05, 0) is 64.2 Å². The molecular weight excluding hydrogens is 725 g/mol. The van der Waals surface area contributed by atoms with Crippen LogP contribution in [0.4, 0.5) is 0 Å². The molecule has 1 aliphatic heterocycles. The molecule has 0 saturated carbocycles. The maximum Gasteiger partial charge on any atom is 0.306 e. The number of aliphatic hydroxyl groups is 4. The predicted octanol–water partition coefficient (Wildman–Crippen LogP) is 9.44. The molecule has 6 atom stereocenters. The smallest absolute Gasteiger partial charge is 0.306 e. The van der Waals surface area contributed by atoms with E-state index >= 15 is 0 Å². The summed E-state index contributed by atoms with van der Waals surface area (Å²) in [5.74, 6) is -0.903. The van der Waals surface area contributed by atoms with Crippen molar-refractivity contribution in [3.63, 3.8) is 0 Å². The van der Waals surface area contributed by atoms with Gasteiger partial charge in [0.2, 0.25) is 0 Å². The van der Waals surface area contributed by atoms with Crippen molar-refractivity contribution in [3.8, 4) is 0 Å². The van der Waals surface area contributed by atoms with Crippen molar-refractivity contribution in [2.24, 2.45) is 0 Å². The van der Waals surface area contributed by atoms with Crippen molar-refractivity contribution in [1.82, 2.24) is 0 Å². The van der Waals surface area contributed by atoms with Crippen molar-refractivity contribution < 1.29 is 49.0 Å². The molecule has 1 rings (SSSR count). The molecule has 1 heterocycles. The van der Waals surface area contributed by atoms with Gasteiger partial charge < -0.3 is 39.4 Å². The van der Waals surface area contributed by atoms with Crippen LogP contribution in [0.25, 0.3) is 0 Å². The third-order valence-corrected chi connectivity index (χ3v) is 9.87. The largest absolute Gasteiger partial charge is 0.462 e. The molecule has 1 saturated heterocycles. The lowest BCUT2D eigenvalue weighted by molar-refractivity contribution is -0.305. The monoisotopic (exact) mass is 805 g/mol. The topological polar surface area (TPSA) is 152 Å². The van der Waals surface area contributed by atoms with Gasteiger partial charge in [-0.25, -0.2) is 0 Å². The van der Waals surface area contributed by atoms with Crippen LogP contribution in [0.5, 0.6) is 0 Å². The van der Waals surface area contributed by atoms with E-state index in [9.17, 15) is 30.0 Å². The molecule has 328 valence electrons. The number of hydrogen-bond donors (Lipinski definition) is 4. The van der Waals surface area contributed by atoms with Crippen LogP contribution in [0.1, 0.15) is 168 Å². The van der Waals surface area contributed by atoms with Crippen LogP contribution in [-0.4, -0.2) is 89.0 Å². The van der Waals surface area contributed by atoms with E-state index in [0.717, 1.165) is 57.8 Å². The average Bonchev–Trinajstić information content (AvgIpc) is 3.21. The van der Waals surface area contributed by atoms with E-state index in [1.165, 1.54) is 70.6 Å². The van der Waals surface area contributed by atoms with E-state index in [1.807, 2.05) is 6.08 Å². The molecule has 1 aliphatic rings. The average molecular weight is 805 g/mol. The lowest BCUT2D eigenvalue weighted by Crippen LogP contribution is -2.59. The van der Waals surface area contributed by atoms with Gasteiger partial charge in [0.05, 0.1) is 13.2 Å². The normalized spacial score (nSPS) is 20.8. The molecule has 0 aliphatic carbocycles. The summed E-state index contributed by atoms with van der Waals surface area (Å²) in [5, 5.41) is 40.0. The minimum absolute atomic E-state index is 0.137. The maximum atomic E-state index is 12.7. The Labute approximate surface area is 345 Å². The Morgan fingerprint density at radius 2 is 1.05 bits per heavy atom. The lowest BCUT2D eigenvalue weighted by atomic mass is 9.99. The van der Waals surface area contributed by atoms with Crippen molar-refractivity contribution in [1.29, 1.82) is 0 Å². The molecule has 10 heteroatoms. The molecule has 0 spiro atoms. The Balaban J connectivity index is 2.38. The zero-order valence-corrected chi connectivity index (χ0v) is 35.6. The Morgan fingerprint density at radius 3 is 1.63 bits per heavy atom. The molecule has 0 aromatic carbocycles. The molecule has 0 aromatic heterocycles. The first-order valence-corrected chi connectivity index (χ1v) is 22.4. The Morgan fingerprint density at radius 1 is 0.544 bits per heavy atom. The van der Waals surface area contributed by atoms with E-state index in [2.05, 4.69) is 68.5 Å². The van der Waals surface area contributed by atoms with Crippen molar-refractivity contribution in [2.45, 2.75) is 205 Å². The van der Waals surface area contributed by atoms with E-state index in [1.54, 1.807) is 0 Å². The minimum Gasteiger partial charge on any atom is -0.462 e. The highest BCUT2D eigenvalue weighted by molar-refractivity contribution is 5.70. The van der Waals surface area contributed by atoms with Crippen molar-refractivity contribution in [2.75, 3.05) is 19.8 Å². The Bertz CT molecular complexity index is 1110. The minimum atomic E-state index is -1.61. The van der Waals surface area contributed by atoms with E-state index in [0.29, 0.717) is 12.8 Å². The van der Waals surface area contributed by atoms with Gasteiger partial charge in [0.15, 0.2) is 12.4 Å². The molecule has 2 unspecified atom stereocenters. The number of carbonyl (C=O) groups is 2. The Hall–Kier alpha value is -2.60. The summed E-state index contributed by atoms with van der Waals surface area (Å²) in [6.07, 6.45) is 38.1. The summed E-state index contributed by atoms with van der Waals surface area (Å²) in [4.78, 5) is 25.3. The number of esters is 2. The van der Waals surface area contributed by atoms with Crippen molar-refractivity contribution >= 4 is 11.9 Å². The van der Waals surface area contributed by atoms with Gasteiger partial charge in [-0.2, -0.15) is 0 Å². The van der Waals surface area contributed by atoms with Crippen LogP contribution in [0.15, 0.2) is 60.8 Å². The zero-order valence-electron chi connectivity index (χ0n) is 35.6. The number of unbranched alkanes of at least 4 members (excludes halogenated alkanes) is 15. The van der Waals surface area contributed by atoms with Gasteiger partial charge in [0.25, 0.3) is 0 Å². The number of rotatable bonds is 36. The maximum absolute atomic E-state index is 12.7. The van der Waals surface area contributed by atoms with Crippen LogP contribution >= 0.6 is 0 Å². The number of aliphatic hydroxyl groups excluding tert-OH is 4. The van der Waals surface area contributed by atoms with E-state index in [4.69, 9.17) is 18.9 Å². The van der Waals surface area contributed by atoms with Gasteiger partial charge in [-0.1, -0.05) is 152 Å². The summed E-state index contributed by atoms with van der Waals surface area (Å²) >= 11 is 0. The number of carbonyl (C=O) groups excluding carboxylic acids is 2. The van der Waals surface area contributed by atoms with Gasteiger partial charge in [0.1, 0.15) is 31.0 Å². The number of ether oxygens (including phenoxy) is 4. The first kappa shape index (κ1) is 52.4. The number of hydrogen-bond acceptors (Lipinski definition) is 10. The molecule has 57 heavy (non-hydrogen) atoms. The van der Waals surface area contributed by atoms with Crippen LogP contribution < -0.4 is 0 Å². The van der Waals surface area contributed by atoms with E-state index in [-0.39, 0.29) is 26.1 Å². The van der Waals surface area contributed by atoms with Gasteiger partial charge in [0, 0.05) is 12.8 Å². The molecule has 1 fully saturated rings. The quantitative estimate of drug-likeness (QED) is 0.0274. The second-order valence-corrected chi connectivity index (χ2v) is 15.1. The predicted molar refractivity (Wildman–Crippen MR) is 228 cm³/mol. The zero-order chi connectivity index (χ0) is 41.6. The number of allylic oxidation sites excluding steroid dienone is 10. The third-order valence-electron chi connectivity index (χ3n) is 9.87. The summed E-state index contributed by atoms with van der Waals surface area (Å²) in [7, 11) is 0. The third kappa shape index (κ3) is 29.3. The summed E-state index contributed by atoms with van der Waals surface area (Å²) in [6, 6.07) is 0. The van der Waals surface area contributed by atoms with Crippen LogP contribution in [0.3, 0.4) is 0 Å². The van der Waals surface area contributed by atoms with Gasteiger partial charge >= 0.3 is 11.9 Å². The molecule has 4 N–H and O–H groups in total. The SMILES string of the molecule is CCC/C=C/C/C=C/C/C=C/C/C=C/CCCCCC(=O)OC[C@@H](CO[C@H]1O[C@@H](CO)[C@@H](O)C(O)C1O)OC(=O)CC/C=C/CCCCCCCCCCCCC. The first-order valence-electron chi connectivity index (χ1n) is 22.4. The second-order valence-electron chi connectivity index (χ2n) is 15.1. The first-order chi connectivity index (χ1) is 27.8. The molecule has 0 bridgehead atoms. The fraction of sp³-hybridized carbons (Fsp3) is 0.745. The van der Waals surface area contributed by atoms with Gasteiger partial charge in [-0.15, -0.1) is 0 Å². The molecule has 0 amide bonds. The van der Waals surface area contributed by atoms with Gasteiger partial charge in [-0.3, -0.25) is 9.59 Å². The highest BCUT2D eigenvalue weighted by Gasteiger charge is 2.44. The highest BCUT2D eigenvalue weighted by atomic mass is 16.7. The van der Waals surface area contributed by atoms with Crippen LogP contribution in [0.2, 0.25) is 0 Å².